The first-order valence-corrected chi connectivity index (χ1v) is 21.4. The Morgan fingerprint density at radius 1 is 0.692 bits per heavy atom. The SMILES string of the molecule is COc1cc(NC(=O)c2cccc(F)c2)c(C#N)c(N2CCN(C(=O)OC(C)(C)C)CC2)c1.COc1cc(NCc2cccc(F)c2)c(CN)c(N2CCN(C(=O)OC(C)(C)C)CC2)c1. The lowest BCUT2D eigenvalue weighted by Crippen LogP contribution is -2.50. The third-order valence-electron chi connectivity index (χ3n) is 10.3. The predicted molar refractivity (Wildman–Crippen MR) is 247 cm³/mol. The summed E-state index contributed by atoms with van der Waals surface area (Å²) in [5, 5.41) is 15.9. The number of nitrogens with one attached hydrogen (secondary N) is 2. The normalized spacial score (nSPS) is 14.1. The average molecular weight is 899 g/mol. The minimum absolute atomic E-state index is 0.134. The van der Waals surface area contributed by atoms with E-state index in [1.54, 1.807) is 35.1 Å². The number of rotatable bonds is 10. The molecular formula is C48H60F2N8O7. The molecule has 0 aliphatic carbocycles. The van der Waals surface area contributed by atoms with Crippen LogP contribution in [0.5, 0.6) is 11.5 Å². The van der Waals surface area contributed by atoms with Crippen LogP contribution < -0.4 is 35.6 Å². The van der Waals surface area contributed by atoms with Gasteiger partial charge < -0.3 is 54.9 Å². The summed E-state index contributed by atoms with van der Waals surface area (Å²) >= 11 is 0. The second kappa shape index (κ2) is 21.7. The first-order valence-electron chi connectivity index (χ1n) is 21.4. The number of anilines is 4. The number of ether oxygens (including phenoxy) is 4. The minimum atomic E-state index is -0.580. The third-order valence-corrected chi connectivity index (χ3v) is 10.3. The maximum Gasteiger partial charge on any atom is 0.410 e. The fraction of sp³-hybridized carbons (Fsp3) is 0.417. The molecule has 0 unspecified atom stereocenters. The average Bonchev–Trinajstić information content (AvgIpc) is 3.26. The number of nitrogens with zero attached hydrogens (tertiary/aromatic N) is 5. The predicted octanol–water partition coefficient (Wildman–Crippen LogP) is 7.98. The molecule has 2 saturated heterocycles. The Labute approximate surface area is 379 Å². The Hall–Kier alpha value is -6.80. The van der Waals surface area contributed by atoms with E-state index in [2.05, 4.69) is 21.6 Å². The zero-order valence-corrected chi connectivity index (χ0v) is 38.4. The van der Waals surface area contributed by atoms with Gasteiger partial charge in [0, 0.05) is 112 Å². The van der Waals surface area contributed by atoms with Gasteiger partial charge in [-0.1, -0.05) is 18.2 Å². The quantitative estimate of drug-likeness (QED) is 0.140. The van der Waals surface area contributed by atoms with Crippen LogP contribution in [0.25, 0.3) is 0 Å². The van der Waals surface area contributed by atoms with Crippen LogP contribution in [0.4, 0.5) is 41.1 Å². The van der Waals surface area contributed by atoms with Gasteiger partial charge in [0.25, 0.3) is 5.91 Å². The van der Waals surface area contributed by atoms with Crippen LogP contribution in [0.1, 0.15) is 68.6 Å². The molecule has 2 aliphatic heterocycles. The molecule has 2 fully saturated rings. The molecule has 17 heteroatoms. The number of nitrogens with two attached hydrogens (primary N) is 1. The maximum atomic E-state index is 13.5. The highest BCUT2D eigenvalue weighted by atomic mass is 19.1. The molecule has 0 radical (unpaired) electrons. The number of carbonyl (C=O) groups excluding carboxylic acids is 3. The fourth-order valence-corrected chi connectivity index (χ4v) is 7.17. The maximum absolute atomic E-state index is 13.5. The number of piperazine rings is 2. The van der Waals surface area contributed by atoms with E-state index in [0.717, 1.165) is 28.6 Å². The Bertz CT molecular complexity index is 2350. The molecule has 4 N–H and O–H groups in total. The minimum Gasteiger partial charge on any atom is -0.497 e. The zero-order valence-electron chi connectivity index (χ0n) is 38.4. The van der Waals surface area contributed by atoms with E-state index in [0.29, 0.717) is 82.6 Å². The van der Waals surface area contributed by atoms with Gasteiger partial charge in [0.05, 0.1) is 31.2 Å². The summed E-state index contributed by atoms with van der Waals surface area (Å²) in [4.78, 5) is 44.9. The smallest absolute Gasteiger partial charge is 0.410 e. The van der Waals surface area contributed by atoms with Crippen molar-refractivity contribution < 1.29 is 42.1 Å². The van der Waals surface area contributed by atoms with Crippen LogP contribution in [0.15, 0.2) is 72.8 Å². The van der Waals surface area contributed by atoms with E-state index in [9.17, 15) is 28.4 Å². The van der Waals surface area contributed by atoms with Crippen molar-refractivity contribution in [2.75, 3.05) is 87.0 Å². The fourth-order valence-electron chi connectivity index (χ4n) is 7.17. The van der Waals surface area contributed by atoms with Crippen molar-refractivity contribution >= 4 is 40.8 Å². The monoisotopic (exact) mass is 898 g/mol. The molecule has 2 aliphatic rings. The first-order chi connectivity index (χ1) is 30.8. The molecule has 0 spiro atoms. The molecule has 2 heterocycles. The van der Waals surface area contributed by atoms with E-state index < -0.39 is 22.9 Å². The summed E-state index contributed by atoms with van der Waals surface area (Å²) in [6.07, 6.45) is -0.671. The lowest BCUT2D eigenvalue weighted by Gasteiger charge is -2.38. The van der Waals surface area contributed by atoms with Crippen molar-refractivity contribution in [3.05, 3.63) is 107 Å². The van der Waals surface area contributed by atoms with Crippen molar-refractivity contribution in [3.8, 4) is 17.6 Å². The number of nitriles is 1. The van der Waals surface area contributed by atoms with Gasteiger partial charge in [0.15, 0.2) is 0 Å². The Morgan fingerprint density at radius 3 is 1.66 bits per heavy atom. The van der Waals surface area contributed by atoms with Gasteiger partial charge in [-0.2, -0.15) is 5.26 Å². The molecule has 0 saturated carbocycles. The summed E-state index contributed by atoms with van der Waals surface area (Å²) in [5.74, 6) is -0.184. The summed E-state index contributed by atoms with van der Waals surface area (Å²) in [6, 6.07) is 21.1. The molecule has 0 atom stereocenters. The van der Waals surface area contributed by atoms with Crippen molar-refractivity contribution in [2.45, 2.75) is 65.8 Å². The molecule has 0 aromatic heterocycles. The summed E-state index contributed by atoms with van der Waals surface area (Å²) < 4.78 is 48.9. The first kappa shape index (κ1) is 49.2. The summed E-state index contributed by atoms with van der Waals surface area (Å²) in [6.45, 7) is 16.0. The topological polar surface area (TPSA) is 175 Å². The zero-order chi connectivity index (χ0) is 47.5. The van der Waals surface area contributed by atoms with Crippen molar-refractivity contribution in [1.82, 2.24) is 9.80 Å². The van der Waals surface area contributed by atoms with Crippen LogP contribution in [0, 0.1) is 23.0 Å². The van der Waals surface area contributed by atoms with Crippen LogP contribution in [-0.2, 0) is 22.6 Å². The molecule has 65 heavy (non-hydrogen) atoms. The number of halogens is 2. The lowest BCUT2D eigenvalue weighted by atomic mass is 10.1. The third kappa shape index (κ3) is 13.8. The molecule has 3 amide bonds. The van der Waals surface area contributed by atoms with Gasteiger partial charge in [-0.05, 0) is 77.4 Å². The standard InChI is InChI=1S/C24H27FN4O4.C24H33FN4O3/c1-24(2,3)33-23(31)29-10-8-28(9-11-29)21-14-18(32-4)13-20(19(21)15-26)27-22(30)16-6-5-7-17(25)12-16;1-24(2,3)32-23(30)29-10-8-28(9-11-29)22-14-19(31-4)13-21(20(22)15-26)27-16-17-6-5-7-18(25)12-17/h5-7,12-14H,8-11H2,1-4H3,(H,27,30);5-7,12-14,27H,8-11,15-16,26H2,1-4H3. The van der Waals surface area contributed by atoms with Crippen molar-refractivity contribution in [3.63, 3.8) is 0 Å². The molecule has 4 aromatic rings. The van der Waals surface area contributed by atoms with Gasteiger partial charge in [0.1, 0.15) is 40.4 Å². The number of hydrogen-bond donors (Lipinski definition) is 3. The van der Waals surface area contributed by atoms with Gasteiger partial charge in [-0.15, -0.1) is 0 Å². The second-order valence-electron chi connectivity index (χ2n) is 17.4. The largest absolute Gasteiger partial charge is 0.497 e. The van der Waals surface area contributed by atoms with E-state index in [4.69, 9.17) is 24.7 Å². The Balaban J connectivity index is 0.000000244. The Kier molecular flexibility index (Phi) is 16.4. The Morgan fingerprint density at radius 2 is 1.18 bits per heavy atom. The lowest BCUT2D eigenvalue weighted by molar-refractivity contribution is 0.0230. The van der Waals surface area contributed by atoms with Gasteiger partial charge in [0.2, 0.25) is 0 Å². The van der Waals surface area contributed by atoms with Crippen LogP contribution in [0.2, 0.25) is 0 Å². The highest BCUT2D eigenvalue weighted by Gasteiger charge is 2.29. The van der Waals surface area contributed by atoms with Gasteiger partial charge in [-0.3, -0.25) is 4.79 Å². The van der Waals surface area contributed by atoms with Gasteiger partial charge >= 0.3 is 12.2 Å². The number of amides is 3. The summed E-state index contributed by atoms with van der Waals surface area (Å²) in [5.41, 5.74) is 9.87. The van der Waals surface area contributed by atoms with E-state index >= 15 is 0 Å². The molecule has 6 rings (SSSR count). The number of methoxy groups -OCH3 is 2. The van der Waals surface area contributed by atoms with Crippen molar-refractivity contribution in [1.29, 1.82) is 5.26 Å². The van der Waals surface area contributed by atoms with E-state index in [-0.39, 0.29) is 34.8 Å². The second-order valence-corrected chi connectivity index (χ2v) is 17.4. The van der Waals surface area contributed by atoms with Crippen LogP contribution >= 0.6 is 0 Å². The molecule has 4 aromatic carbocycles. The molecule has 15 nitrogen and oxygen atoms in total. The molecule has 348 valence electrons. The van der Waals surface area contributed by atoms with E-state index in [1.807, 2.05) is 64.6 Å². The summed E-state index contributed by atoms with van der Waals surface area (Å²) in [7, 11) is 3.11. The number of benzene rings is 4. The highest BCUT2D eigenvalue weighted by Crippen LogP contribution is 2.36. The van der Waals surface area contributed by atoms with Crippen molar-refractivity contribution in [2.24, 2.45) is 5.73 Å². The van der Waals surface area contributed by atoms with Gasteiger partial charge in [-0.25, -0.2) is 18.4 Å². The molecule has 0 bridgehead atoms. The van der Waals surface area contributed by atoms with Crippen LogP contribution in [0.3, 0.4) is 0 Å². The highest BCUT2D eigenvalue weighted by molar-refractivity contribution is 6.05. The van der Waals surface area contributed by atoms with Crippen LogP contribution in [-0.4, -0.2) is 106 Å². The number of hydrogen-bond acceptors (Lipinski definition) is 12. The number of carbonyl (C=O) groups is 3. The van der Waals surface area contributed by atoms with E-state index in [1.165, 1.54) is 37.4 Å². The molecular weight excluding hydrogens is 839 g/mol.